The Kier molecular flexibility index (Phi) is 6.17. The second-order valence-electron chi connectivity index (χ2n) is 6.57. The lowest BCUT2D eigenvalue weighted by molar-refractivity contribution is -0.128. The Morgan fingerprint density at radius 3 is 2.68 bits per heavy atom. The van der Waals surface area contributed by atoms with Gasteiger partial charge in [-0.2, -0.15) is 0 Å². The fourth-order valence-corrected chi connectivity index (χ4v) is 3.16. The van der Waals surface area contributed by atoms with Crippen molar-refractivity contribution in [1.82, 2.24) is 14.9 Å². The van der Waals surface area contributed by atoms with Crippen molar-refractivity contribution < 1.29 is 4.79 Å². The van der Waals surface area contributed by atoms with Gasteiger partial charge in [0, 0.05) is 12.1 Å². The van der Waals surface area contributed by atoms with Crippen LogP contribution >= 0.6 is 23.2 Å². The topological polar surface area (TPSA) is 66.1 Å². The molecule has 1 aromatic heterocycles. The highest BCUT2D eigenvalue weighted by molar-refractivity contribution is 6.42. The van der Waals surface area contributed by atoms with E-state index in [1.807, 2.05) is 19.9 Å². The first kappa shape index (κ1) is 20.1. The molecule has 0 unspecified atom stereocenters. The van der Waals surface area contributed by atoms with Gasteiger partial charge in [-0.25, -0.2) is 4.98 Å². The van der Waals surface area contributed by atoms with Gasteiger partial charge < -0.3 is 9.88 Å². The van der Waals surface area contributed by atoms with Gasteiger partial charge in [0.15, 0.2) is 0 Å². The number of carbonyl (C=O) groups is 1. The number of rotatable bonds is 5. The minimum atomic E-state index is -0.224. The Morgan fingerprint density at radius 2 is 1.93 bits per heavy atom. The maximum absolute atomic E-state index is 12.8. The Hall–Kier alpha value is -2.63. The molecular formula is C21H19Cl2N3O2. The molecule has 3 aromatic rings. The number of carbonyl (C=O) groups excluding carboxylic acids is 1. The number of nitrogens with zero attached hydrogens (tertiary/aromatic N) is 2. The lowest BCUT2D eigenvalue weighted by Gasteiger charge is -2.25. The van der Waals surface area contributed by atoms with Crippen molar-refractivity contribution in [3.8, 4) is 0 Å². The highest BCUT2D eigenvalue weighted by Crippen LogP contribution is 2.26. The van der Waals surface area contributed by atoms with E-state index in [0.29, 0.717) is 32.3 Å². The Labute approximate surface area is 172 Å². The van der Waals surface area contributed by atoms with Gasteiger partial charge in [-0.05, 0) is 43.7 Å². The second kappa shape index (κ2) is 8.59. The maximum atomic E-state index is 12.8. The molecule has 0 spiro atoms. The Bertz CT molecular complexity index is 1110. The summed E-state index contributed by atoms with van der Waals surface area (Å²) in [5.41, 5.74) is 1.03. The summed E-state index contributed by atoms with van der Waals surface area (Å²) in [6.45, 7) is 3.98. The van der Waals surface area contributed by atoms with Crippen LogP contribution in [-0.4, -0.2) is 26.8 Å². The SMILES string of the molecule is CC(C)N(Cc1nc2ccccc2c(=O)[nH]1)C(=O)/C=C/c1cccc(Cl)c1Cl. The first-order valence-corrected chi connectivity index (χ1v) is 9.53. The van der Waals surface area contributed by atoms with Crippen LogP contribution < -0.4 is 5.56 Å². The van der Waals surface area contributed by atoms with E-state index in [-0.39, 0.29) is 24.1 Å². The van der Waals surface area contributed by atoms with E-state index in [4.69, 9.17) is 23.2 Å². The number of para-hydroxylation sites is 1. The molecule has 3 rings (SSSR count). The van der Waals surface area contributed by atoms with Crippen molar-refractivity contribution in [1.29, 1.82) is 0 Å². The molecule has 28 heavy (non-hydrogen) atoms. The summed E-state index contributed by atoms with van der Waals surface area (Å²) in [5, 5.41) is 1.34. The van der Waals surface area contributed by atoms with E-state index < -0.39 is 0 Å². The molecule has 7 heteroatoms. The lowest BCUT2D eigenvalue weighted by Crippen LogP contribution is -2.36. The molecule has 0 atom stereocenters. The van der Waals surface area contributed by atoms with E-state index >= 15 is 0 Å². The summed E-state index contributed by atoms with van der Waals surface area (Å²) in [6, 6.07) is 12.2. The molecule has 0 fully saturated rings. The molecule has 0 aliphatic carbocycles. The van der Waals surface area contributed by atoms with Crippen molar-refractivity contribution in [2.45, 2.75) is 26.4 Å². The fraction of sp³-hybridized carbons (Fsp3) is 0.190. The summed E-state index contributed by atoms with van der Waals surface area (Å²) in [7, 11) is 0. The molecule has 0 bridgehead atoms. The van der Waals surface area contributed by atoms with E-state index in [9.17, 15) is 9.59 Å². The van der Waals surface area contributed by atoms with Crippen molar-refractivity contribution in [2.24, 2.45) is 0 Å². The van der Waals surface area contributed by atoms with E-state index in [2.05, 4.69) is 9.97 Å². The standard InChI is InChI=1S/C21H19Cl2N3O2/c1-13(2)26(19(27)11-10-14-6-5-8-16(22)20(14)23)12-18-24-17-9-4-3-7-15(17)21(28)25-18/h3-11,13H,12H2,1-2H3,(H,24,25,28)/b11-10+. The average Bonchev–Trinajstić information content (AvgIpc) is 2.67. The Morgan fingerprint density at radius 1 is 1.18 bits per heavy atom. The molecule has 1 amide bonds. The summed E-state index contributed by atoms with van der Waals surface area (Å²) in [5.74, 6) is 0.210. The van der Waals surface area contributed by atoms with Crippen molar-refractivity contribution in [3.05, 3.63) is 80.3 Å². The number of nitrogens with one attached hydrogen (secondary N) is 1. The third-order valence-corrected chi connectivity index (χ3v) is 5.11. The maximum Gasteiger partial charge on any atom is 0.258 e. The molecule has 5 nitrogen and oxygen atoms in total. The smallest absolute Gasteiger partial charge is 0.258 e. The zero-order chi connectivity index (χ0) is 20.3. The van der Waals surface area contributed by atoms with E-state index in [0.717, 1.165) is 0 Å². The minimum Gasteiger partial charge on any atom is -0.329 e. The normalized spacial score (nSPS) is 11.5. The number of hydrogen-bond donors (Lipinski definition) is 1. The van der Waals surface area contributed by atoms with Gasteiger partial charge in [0.05, 0.1) is 27.5 Å². The Balaban J connectivity index is 1.85. The third-order valence-electron chi connectivity index (χ3n) is 4.28. The highest BCUT2D eigenvalue weighted by Gasteiger charge is 2.17. The van der Waals surface area contributed by atoms with Gasteiger partial charge in [0.2, 0.25) is 5.91 Å². The van der Waals surface area contributed by atoms with Crippen molar-refractivity contribution >= 4 is 46.1 Å². The van der Waals surface area contributed by atoms with Gasteiger partial charge in [-0.1, -0.05) is 47.5 Å². The zero-order valence-electron chi connectivity index (χ0n) is 15.4. The zero-order valence-corrected chi connectivity index (χ0v) is 17.0. The molecule has 0 saturated heterocycles. The predicted molar refractivity (Wildman–Crippen MR) is 114 cm³/mol. The van der Waals surface area contributed by atoms with Crippen LogP contribution in [0.2, 0.25) is 10.0 Å². The van der Waals surface area contributed by atoms with Crippen LogP contribution in [0, 0.1) is 0 Å². The van der Waals surface area contributed by atoms with Crippen molar-refractivity contribution in [2.75, 3.05) is 0 Å². The highest BCUT2D eigenvalue weighted by atomic mass is 35.5. The van der Waals surface area contributed by atoms with E-state index in [1.54, 1.807) is 47.4 Å². The number of halogens is 2. The first-order valence-electron chi connectivity index (χ1n) is 8.77. The van der Waals surface area contributed by atoms with Gasteiger partial charge in [0.25, 0.3) is 5.56 Å². The summed E-state index contributed by atoms with van der Waals surface area (Å²) < 4.78 is 0. The quantitative estimate of drug-likeness (QED) is 0.615. The predicted octanol–water partition coefficient (Wildman–Crippen LogP) is 4.68. The monoisotopic (exact) mass is 415 g/mol. The first-order chi connectivity index (χ1) is 13.4. The number of aromatic amines is 1. The molecule has 0 radical (unpaired) electrons. The van der Waals surface area contributed by atoms with Gasteiger partial charge >= 0.3 is 0 Å². The lowest BCUT2D eigenvalue weighted by atomic mass is 10.2. The molecule has 144 valence electrons. The summed E-state index contributed by atoms with van der Waals surface area (Å²) in [6.07, 6.45) is 3.07. The molecular weight excluding hydrogens is 397 g/mol. The largest absolute Gasteiger partial charge is 0.329 e. The van der Waals surface area contributed by atoms with E-state index in [1.165, 1.54) is 6.08 Å². The van der Waals surface area contributed by atoms with Crippen molar-refractivity contribution in [3.63, 3.8) is 0 Å². The summed E-state index contributed by atoms with van der Waals surface area (Å²) >= 11 is 12.2. The molecule has 1 heterocycles. The van der Waals surface area contributed by atoms with Crippen LogP contribution in [0.15, 0.2) is 53.3 Å². The molecule has 2 aromatic carbocycles. The summed E-state index contributed by atoms with van der Waals surface area (Å²) in [4.78, 5) is 33.9. The van der Waals surface area contributed by atoms with Crippen LogP contribution in [0.5, 0.6) is 0 Å². The number of aromatic nitrogens is 2. The molecule has 1 N–H and O–H groups in total. The second-order valence-corrected chi connectivity index (χ2v) is 7.35. The van der Waals surface area contributed by atoms with Crippen LogP contribution in [0.3, 0.4) is 0 Å². The molecule has 0 aliphatic rings. The number of H-pyrrole nitrogens is 1. The minimum absolute atomic E-state index is 0.0937. The van der Waals surface area contributed by atoms with Gasteiger partial charge in [0.1, 0.15) is 5.82 Å². The molecule has 0 aliphatic heterocycles. The number of amides is 1. The molecule has 0 saturated carbocycles. The van der Waals surface area contributed by atoms with Crippen LogP contribution in [0.1, 0.15) is 25.2 Å². The van der Waals surface area contributed by atoms with Gasteiger partial charge in [-0.3, -0.25) is 9.59 Å². The van der Waals surface area contributed by atoms with Crippen LogP contribution in [0.4, 0.5) is 0 Å². The van der Waals surface area contributed by atoms with Crippen LogP contribution in [0.25, 0.3) is 17.0 Å². The fourth-order valence-electron chi connectivity index (χ4n) is 2.79. The van der Waals surface area contributed by atoms with Crippen LogP contribution in [-0.2, 0) is 11.3 Å². The average molecular weight is 416 g/mol. The number of benzene rings is 2. The number of fused-ring (bicyclic) bond motifs is 1. The third kappa shape index (κ3) is 4.43. The number of hydrogen-bond acceptors (Lipinski definition) is 3. The van der Waals surface area contributed by atoms with Gasteiger partial charge in [-0.15, -0.1) is 0 Å².